The lowest BCUT2D eigenvalue weighted by molar-refractivity contribution is 0.0376. The Morgan fingerprint density at radius 3 is 1.95 bits per heavy atom. The van der Waals surface area contributed by atoms with E-state index < -0.39 is 17.9 Å². The van der Waals surface area contributed by atoms with Crippen molar-refractivity contribution in [2.75, 3.05) is 17.2 Å². The van der Waals surface area contributed by atoms with Crippen molar-refractivity contribution in [1.82, 2.24) is 0 Å². The highest BCUT2D eigenvalue weighted by atomic mass is 32.1. The van der Waals surface area contributed by atoms with Crippen molar-refractivity contribution < 1.29 is 28.6 Å². The molecule has 10 heteroatoms. The Kier molecular flexibility index (Phi) is 10.2. The van der Waals surface area contributed by atoms with Gasteiger partial charge in [-0.15, -0.1) is 11.3 Å². The first kappa shape index (κ1) is 29.8. The maximum absolute atomic E-state index is 13.0. The van der Waals surface area contributed by atoms with Crippen LogP contribution in [0.1, 0.15) is 70.6 Å². The predicted octanol–water partition coefficient (Wildman–Crippen LogP) is 6.84. The Balaban J connectivity index is 1.95. The molecule has 0 radical (unpaired) electrons. The monoisotopic (exact) mass is 568 g/mol. The number of hydrogen-bond donors (Lipinski definition) is 2. The van der Waals surface area contributed by atoms with Gasteiger partial charge in [-0.25, -0.2) is 14.4 Å². The normalized spacial score (nSPS) is 10.8. The van der Waals surface area contributed by atoms with Crippen LogP contribution in [0.15, 0.2) is 48.5 Å². The fraction of sp³-hybridized carbons (Fsp3) is 0.310. The summed E-state index contributed by atoms with van der Waals surface area (Å²) in [5, 5.41) is 6.77. The molecule has 0 bridgehead atoms. The number of benzene rings is 2. The van der Waals surface area contributed by atoms with E-state index in [1.54, 1.807) is 34.6 Å². The van der Waals surface area contributed by atoms with Crippen molar-refractivity contribution in [3.05, 3.63) is 70.1 Å². The first-order valence-corrected chi connectivity index (χ1v) is 13.7. The predicted molar refractivity (Wildman–Crippen MR) is 158 cm³/mol. The minimum atomic E-state index is -0.586. The van der Waals surface area contributed by atoms with E-state index in [-0.39, 0.29) is 35.1 Å². The van der Waals surface area contributed by atoms with Crippen LogP contribution in [0.4, 0.5) is 10.7 Å². The molecular weight excluding hydrogens is 536 g/mol. The van der Waals surface area contributed by atoms with Crippen LogP contribution in [0.25, 0.3) is 11.1 Å². The summed E-state index contributed by atoms with van der Waals surface area (Å²) in [5.74, 6) is -1.64. The molecule has 8 nitrogen and oxygen atoms in total. The highest BCUT2D eigenvalue weighted by Gasteiger charge is 2.25. The third kappa shape index (κ3) is 7.87. The maximum Gasteiger partial charge on any atom is 0.341 e. The fourth-order valence-electron chi connectivity index (χ4n) is 3.75. The van der Waals surface area contributed by atoms with E-state index in [1.807, 2.05) is 37.3 Å². The number of carbonyl (C=O) groups is 3. The van der Waals surface area contributed by atoms with Gasteiger partial charge in [-0.1, -0.05) is 30.3 Å². The van der Waals surface area contributed by atoms with Gasteiger partial charge >= 0.3 is 17.9 Å². The van der Waals surface area contributed by atoms with Crippen LogP contribution in [-0.4, -0.2) is 41.8 Å². The molecule has 0 saturated heterocycles. The van der Waals surface area contributed by atoms with Crippen molar-refractivity contribution in [3.8, 4) is 11.1 Å². The molecule has 0 amide bonds. The van der Waals surface area contributed by atoms with Gasteiger partial charge in [-0.3, -0.25) is 0 Å². The molecule has 0 atom stereocenters. The Labute approximate surface area is 237 Å². The van der Waals surface area contributed by atoms with Crippen molar-refractivity contribution in [2.24, 2.45) is 0 Å². The van der Waals surface area contributed by atoms with E-state index in [4.69, 9.17) is 26.4 Å². The molecule has 3 aromatic rings. The Hall–Kier alpha value is -3.76. The van der Waals surface area contributed by atoms with Gasteiger partial charge in [0.2, 0.25) is 0 Å². The molecule has 1 aromatic heterocycles. The van der Waals surface area contributed by atoms with Crippen LogP contribution in [0, 0.1) is 6.92 Å². The topological polar surface area (TPSA) is 103 Å². The summed E-state index contributed by atoms with van der Waals surface area (Å²) in [6.45, 7) is 10.8. The van der Waals surface area contributed by atoms with Crippen LogP contribution >= 0.6 is 23.6 Å². The smallest absolute Gasteiger partial charge is 0.341 e. The van der Waals surface area contributed by atoms with Gasteiger partial charge in [0.25, 0.3) is 0 Å². The SMILES string of the molecule is CCOC(=O)c1c(NC(=S)Nc2cc(C(=O)OC(C)C)cc(C(=O)OC(C)C)c2)sc(C)c1-c1ccccc1. The Bertz CT molecular complexity index is 1330. The minimum absolute atomic E-state index is 0.152. The lowest BCUT2D eigenvalue weighted by atomic mass is 10.0. The molecule has 206 valence electrons. The van der Waals surface area contributed by atoms with Gasteiger partial charge in [-0.05, 0) is 77.5 Å². The molecule has 1 heterocycles. The summed E-state index contributed by atoms with van der Waals surface area (Å²) in [4.78, 5) is 39.2. The van der Waals surface area contributed by atoms with Gasteiger partial charge in [0, 0.05) is 16.1 Å². The summed E-state index contributed by atoms with van der Waals surface area (Å²) in [6.07, 6.45) is -0.685. The van der Waals surface area contributed by atoms with E-state index >= 15 is 0 Å². The van der Waals surface area contributed by atoms with Crippen LogP contribution in [0.5, 0.6) is 0 Å². The fourth-order valence-corrected chi connectivity index (χ4v) is 5.10. The second-order valence-corrected chi connectivity index (χ2v) is 10.7. The number of thiophene rings is 1. The number of anilines is 2. The zero-order chi connectivity index (χ0) is 28.7. The van der Waals surface area contributed by atoms with Crippen molar-refractivity contribution in [1.29, 1.82) is 0 Å². The lowest BCUT2D eigenvalue weighted by Gasteiger charge is -2.15. The Morgan fingerprint density at radius 1 is 0.872 bits per heavy atom. The summed E-state index contributed by atoms with van der Waals surface area (Å²) in [5.41, 5.74) is 2.73. The van der Waals surface area contributed by atoms with Crippen molar-refractivity contribution in [3.63, 3.8) is 0 Å². The highest BCUT2D eigenvalue weighted by Crippen LogP contribution is 2.40. The molecule has 0 fully saturated rings. The third-order valence-electron chi connectivity index (χ3n) is 5.20. The van der Waals surface area contributed by atoms with Crippen LogP contribution < -0.4 is 10.6 Å². The van der Waals surface area contributed by atoms with E-state index in [1.165, 1.54) is 29.5 Å². The Morgan fingerprint density at radius 2 is 1.44 bits per heavy atom. The number of hydrogen-bond acceptors (Lipinski definition) is 8. The van der Waals surface area contributed by atoms with Crippen LogP contribution in [0.3, 0.4) is 0 Å². The summed E-state index contributed by atoms with van der Waals surface area (Å²) in [7, 11) is 0. The maximum atomic E-state index is 13.0. The molecule has 0 aliphatic heterocycles. The molecule has 3 rings (SSSR count). The summed E-state index contributed by atoms with van der Waals surface area (Å²) >= 11 is 6.93. The molecule has 0 saturated carbocycles. The van der Waals surface area contributed by atoms with Crippen LogP contribution in [-0.2, 0) is 14.2 Å². The molecule has 39 heavy (non-hydrogen) atoms. The lowest BCUT2D eigenvalue weighted by Crippen LogP contribution is -2.21. The summed E-state index contributed by atoms with van der Waals surface area (Å²) < 4.78 is 16.0. The van der Waals surface area contributed by atoms with Crippen LogP contribution in [0.2, 0.25) is 0 Å². The molecule has 0 unspecified atom stereocenters. The minimum Gasteiger partial charge on any atom is -0.462 e. The number of aryl methyl sites for hydroxylation is 1. The highest BCUT2D eigenvalue weighted by molar-refractivity contribution is 7.80. The number of ether oxygens (including phenoxy) is 3. The standard InChI is InChI=1S/C29H32N2O6S2/c1-7-35-28(34)24-23(19-11-9-8-10-12-19)18(6)39-25(24)31-29(38)30-22-14-20(26(32)36-16(2)3)13-21(15-22)27(33)37-17(4)5/h8-17H,7H2,1-6H3,(H2,30,31,38). The van der Waals surface area contributed by atoms with E-state index in [0.29, 0.717) is 16.3 Å². The number of carbonyl (C=O) groups excluding carboxylic acids is 3. The molecule has 2 aromatic carbocycles. The van der Waals surface area contributed by atoms with Crippen molar-refractivity contribution >= 4 is 57.3 Å². The van der Waals surface area contributed by atoms with Gasteiger partial charge in [0.15, 0.2) is 5.11 Å². The summed E-state index contributed by atoms with van der Waals surface area (Å²) in [6, 6.07) is 14.1. The first-order valence-electron chi connectivity index (χ1n) is 12.5. The quantitative estimate of drug-likeness (QED) is 0.163. The molecule has 0 aliphatic carbocycles. The molecule has 0 spiro atoms. The second-order valence-electron chi connectivity index (χ2n) is 9.11. The largest absolute Gasteiger partial charge is 0.462 e. The van der Waals surface area contributed by atoms with Crippen molar-refractivity contribution in [2.45, 2.75) is 53.8 Å². The average Bonchev–Trinajstić information content (AvgIpc) is 3.18. The van der Waals surface area contributed by atoms with Gasteiger partial charge in [0.1, 0.15) is 10.6 Å². The first-order chi connectivity index (χ1) is 18.5. The van der Waals surface area contributed by atoms with Gasteiger partial charge in [-0.2, -0.15) is 0 Å². The zero-order valence-electron chi connectivity index (χ0n) is 22.7. The third-order valence-corrected chi connectivity index (χ3v) is 6.43. The van der Waals surface area contributed by atoms with Gasteiger partial charge in [0.05, 0.1) is 29.9 Å². The molecule has 2 N–H and O–H groups in total. The van der Waals surface area contributed by atoms with E-state index in [9.17, 15) is 14.4 Å². The number of esters is 3. The number of nitrogens with one attached hydrogen (secondary N) is 2. The van der Waals surface area contributed by atoms with E-state index in [0.717, 1.165) is 16.0 Å². The zero-order valence-corrected chi connectivity index (χ0v) is 24.4. The number of rotatable bonds is 9. The number of thiocarbonyl (C=S) groups is 1. The molecular formula is C29H32N2O6S2. The molecule has 0 aliphatic rings. The average molecular weight is 569 g/mol. The van der Waals surface area contributed by atoms with Gasteiger partial charge < -0.3 is 24.8 Å². The second kappa shape index (κ2) is 13.3. The van der Waals surface area contributed by atoms with E-state index in [2.05, 4.69) is 10.6 Å².